The average molecular weight is 336 g/mol. The molecule has 0 aliphatic heterocycles. The van der Waals surface area contributed by atoms with Gasteiger partial charge in [-0.15, -0.1) is 0 Å². The van der Waals surface area contributed by atoms with E-state index in [2.05, 4.69) is 45.5 Å². The molecule has 0 radical (unpaired) electrons. The standard InChI is InChI=1S/C17H22BrNO/c18-14-9-7-13(8-10-14)17(11-3-4-12-17)16(20)19-15-5-1-2-6-15/h7-10,15H,1-6,11-12H2,(H,19,20). The van der Waals surface area contributed by atoms with Crippen molar-refractivity contribution in [2.75, 3.05) is 0 Å². The number of carbonyl (C=O) groups is 1. The molecule has 0 heterocycles. The summed E-state index contributed by atoms with van der Waals surface area (Å²) in [6.07, 6.45) is 9.14. The maximum absolute atomic E-state index is 12.9. The molecule has 3 heteroatoms. The van der Waals surface area contributed by atoms with Gasteiger partial charge >= 0.3 is 0 Å². The Kier molecular flexibility index (Phi) is 4.16. The monoisotopic (exact) mass is 335 g/mol. The second-order valence-electron chi connectivity index (χ2n) is 6.25. The SMILES string of the molecule is O=C(NC1CCCC1)C1(c2ccc(Br)cc2)CCCC1. The van der Waals surface area contributed by atoms with Gasteiger partial charge in [-0.2, -0.15) is 0 Å². The van der Waals surface area contributed by atoms with E-state index in [1.165, 1.54) is 18.4 Å². The molecule has 108 valence electrons. The van der Waals surface area contributed by atoms with Crippen molar-refractivity contribution >= 4 is 21.8 Å². The van der Waals surface area contributed by atoms with E-state index in [1.54, 1.807) is 0 Å². The first kappa shape index (κ1) is 14.1. The minimum atomic E-state index is -0.275. The first-order valence-corrected chi connectivity index (χ1v) is 8.57. The molecule has 1 aromatic rings. The fourth-order valence-electron chi connectivity index (χ4n) is 3.79. The summed E-state index contributed by atoms with van der Waals surface area (Å²) in [5.74, 6) is 0.268. The average Bonchev–Trinajstić information content (AvgIpc) is 3.10. The van der Waals surface area contributed by atoms with E-state index in [0.717, 1.165) is 43.0 Å². The van der Waals surface area contributed by atoms with E-state index in [1.807, 2.05) is 0 Å². The number of carbonyl (C=O) groups excluding carboxylic acids is 1. The molecule has 0 saturated heterocycles. The normalized spacial score (nSPS) is 22.1. The van der Waals surface area contributed by atoms with Crippen LogP contribution in [-0.4, -0.2) is 11.9 Å². The predicted octanol–water partition coefficient (Wildman–Crippen LogP) is 4.32. The Morgan fingerprint density at radius 1 is 1.05 bits per heavy atom. The highest BCUT2D eigenvalue weighted by Gasteiger charge is 2.43. The predicted molar refractivity (Wildman–Crippen MR) is 84.7 cm³/mol. The second kappa shape index (κ2) is 5.88. The number of rotatable bonds is 3. The van der Waals surface area contributed by atoms with Crippen molar-refractivity contribution < 1.29 is 4.79 Å². The Hall–Kier alpha value is -0.830. The smallest absolute Gasteiger partial charge is 0.230 e. The van der Waals surface area contributed by atoms with Crippen LogP contribution < -0.4 is 5.32 Å². The highest BCUT2D eigenvalue weighted by molar-refractivity contribution is 9.10. The molecule has 2 aliphatic carbocycles. The van der Waals surface area contributed by atoms with Gasteiger partial charge in [-0.25, -0.2) is 0 Å². The molecule has 0 aromatic heterocycles. The molecule has 1 N–H and O–H groups in total. The molecule has 1 amide bonds. The fourth-order valence-corrected chi connectivity index (χ4v) is 4.05. The van der Waals surface area contributed by atoms with Gasteiger partial charge in [0.2, 0.25) is 5.91 Å². The minimum absolute atomic E-state index is 0.268. The van der Waals surface area contributed by atoms with Gasteiger partial charge in [0.25, 0.3) is 0 Å². The van der Waals surface area contributed by atoms with Crippen LogP contribution in [-0.2, 0) is 10.2 Å². The van der Waals surface area contributed by atoms with Crippen LogP contribution in [0.3, 0.4) is 0 Å². The van der Waals surface area contributed by atoms with Crippen molar-refractivity contribution in [2.24, 2.45) is 0 Å². The third-order valence-corrected chi connectivity index (χ3v) is 5.51. The third kappa shape index (κ3) is 2.65. The van der Waals surface area contributed by atoms with E-state index in [-0.39, 0.29) is 11.3 Å². The van der Waals surface area contributed by atoms with Gasteiger partial charge in [0, 0.05) is 10.5 Å². The third-order valence-electron chi connectivity index (χ3n) is 4.98. The molecule has 0 unspecified atom stereocenters. The van der Waals surface area contributed by atoms with Crippen molar-refractivity contribution in [1.29, 1.82) is 0 Å². The Balaban J connectivity index is 1.83. The zero-order chi connectivity index (χ0) is 14.0. The highest BCUT2D eigenvalue weighted by atomic mass is 79.9. The summed E-state index contributed by atoms with van der Waals surface area (Å²) in [6.45, 7) is 0. The van der Waals surface area contributed by atoms with Gasteiger partial charge in [-0.1, -0.05) is 53.7 Å². The molecule has 1 aromatic carbocycles. The number of hydrogen-bond donors (Lipinski definition) is 1. The lowest BCUT2D eigenvalue weighted by Crippen LogP contribution is -2.46. The number of nitrogens with one attached hydrogen (secondary N) is 1. The van der Waals surface area contributed by atoms with Crippen molar-refractivity contribution in [3.8, 4) is 0 Å². The Morgan fingerprint density at radius 2 is 1.65 bits per heavy atom. The number of halogens is 1. The lowest BCUT2D eigenvalue weighted by molar-refractivity contribution is -0.127. The first-order chi connectivity index (χ1) is 9.71. The van der Waals surface area contributed by atoms with Crippen LogP contribution in [0.15, 0.2) is 28.7 Å². The largest absolute Gasteiger partial charge is 0.353 e. The zero-order valence-corrected chi connectivity index (χ0v) is 13.4. The maximum Gasteiger partial charge on any atom is 0.230 e. The van der Waals surface area contributed by atoms with Gasteiger partial charge in [0.15, 0.2) is 0 Å². The van der Waals surface area contributed by atoms with Gasteiger partial charge in [-0.05, 0) is 43.4 Å². The Morgan fingerprint density at radius 3 is 2.25 bits per heavy atom. The molecule has 3 rings (SSSR count). The van der Waals surface area contributed by atoms with Crippen LogP contribution in [0.25, 0.3) is 0 Å². The molecule has 2 saturated carbocycles. The zero-order valence-electron chi connectivity index (χ0n) is 11.8. The van der Waals surface area contributed by atoms with Crippen LogP contribution in [0.4, 0.5) is 0 Å². The summed E-state index contributed by atoms with van der Waals surface area (Å²) < 4.78 is 1.07. The fraction of sp³-hybridized carbons (Fsp3) is 0.588. The Bertz CT molecular complexity index is 470. The van der Waals surface area contributed by atoms with E-state index in [9.17, 15) is 4.79 Å². The van der Waals surface area contributed by atoms with Crippen molar-refractivity contribution in [3.05, 3.63) is 34.3 Å². The number of amides is 1. The summed E-state index contributed by atoms with van der Waals surface area (Å²) in [4.78, 5) is 12.9. The summed E-state index contributed by atoms with van der Waals surface area (Å²) >= 11 is 3.48. The quantitative estimate of drug-likeness (QED) is 0.875. The molecule has 2 aliphatic rings. The van der Waals surface area contributed by atoms with Crippen LogP contribution in [0.2, 0.25) is 0 Å². The minimum Gasteiger partial charge on any atom is -0.353 e. The Labute approximate surface area is 129 Å². The lowest BCUT2D eigenvalue weighted by atomic mass is 9.78. The lowest BCUT2D eigenvalue weighted by Gasteiger charge is -2.30. The summed E-state index contributed by atoms with van der Waals surface area (Å²) in [5, 5.41) is 3.32. The molecule has 0 bridgehead atoms. The van der Waals surface area contributed by atoms with E-state index in [0.29, 0.717) is 6.04 Å². The van der Waals surface area contributed by atoms with Crippen LogP contribution in [0, 0.1) is 0 Å². The van der Waals surface area contributed by atoms with Crippen molar-refractivity contribution in [3.63, 3.8) is 0 Å². The number of benzene rings is 1. The molecule has 20 heavy (non-hydrogen) atoms. The first-order valence-electron chi connectivity index (χ1n) is 7.78. The van der Waals surface area contributed by atoms with Gasteiger partial charge in [-0.3, -0.25) is 4.79 Å². The summed E-state index contributed by atoms with van der Waals surface area (Å²) in [6, 6.07) is 8.75. The molecule has 0 atom stereocenters. The molecule has 2 fully saturated rings. The number of hydrogen-bond acceptors (Lipinski definition) is 1. The maximum atomic E-state index is 12.9. The summed E-state index contributed by atoms with van der Waals surface area (Å²) in [7, 11) is 0. The van der Waals surface area contributed by atoms with Crippen LogP contribution >= 0.6 is 15.9 Å². The molecule has 2 nitrogen and oxygen atoms in total. The van der Waals surface area contributed by atoms with Gasteiger partial charge < -0.3 is 5.32 Å². The van der Waals surface area contributed by atoms with E-state index < -0.39 is 0 Å². The van der Waals surface area contributed by atoms with E-state index in [4.69, 9.17) is 0 Å². The summed E-state index contributed by atoms with van der Waals surface area (Å²) in [5.41, 5.74) is 0.914. The van der Waals surface area contributed by atoms with Crippen LogP contribution in [0.1, 0.15) is 56.9 Å². The highest BCUT2D eigenvalue weighted by Crippen LogP contribution is 2.42. The molecular formula is C17H22BrNO. The molecule has 0 spiro atoms. The van der Waals surface area contributed by atoms with E-state index >= 15 is 0 Å². The topological polar surface area (TPSA) is 29.1 Å². The van der Waals surface area contributed by atoms with Gasteiger partial charge in [0.05, 0.1) is 5.41 Å². The second-order valence-corrected chi connectivity index (χ2v) is 7.17. The van der Waals surface area contributed by atoms with Crippen LogP contribution in [0.5, 0.6) is 0 Å². The van der Waals surface area contributed by atoms with Crippen molar-refractivity contribution in [2.45, 2.75) is 62.8 Å². The molecular weight excluding hydrogens is 314 g/mol. The van der Waals surface area contributed by atoms with Crippen molar-refractivity contribution in [1.82, 2.24) is 5.32 Å². The van der Waals surface area contributed by atoms with Gasteiger partial charge in [0.1, 0.15) is 0 Å².